The molecule has 4 heteroatoms. The van der Waals surface area contributed by atoms with Gasteiger partial charge < -0.3 is 4.74 Å². The quantitative estimate of drug-likeness (QED) is 0.343. The zero-order valence-corrected chi connectivity index (χ0v) is 9.60. The number of rotatable bonds is 4. The fraction of sp³-hybridized carbons (Fsp3) is 0.154. The van der Waals surface area contributed by atoms with Crippen molar-refractivity contribution in [3.63, 3.8) is 0 Å². The fourth-order valence-electron chi connectivity index (χ4n) is 1.04. The molecule has 0 fully saturated rings. The summed E-state index contributed by atoms with van der Waals surface area (Å²) in [5.41, 5.74) is 0.808. The number of hydrogen-bond donors (Lipinski definition) is 0. The van der Waals surface area contributed by atoms with E-state index in [4.69, 9.17) is 4.74 Å². The molecule has 0 aliphatic rings. The van der Waals surface area contributed by atoms with E-state index in [1.165, 1.54) is 13.0 Å². The number of allylic oxidation sites excluding steroid dienone is 1. The Morgan fingerprint density at radius 3 is 2.12 bits per heavy atom. The van der Waals surface area contributed by atoms with Gasteiger partial charge >= 0.3 is 5.97 Å². The number of esters is 1. The Morgan fingerprint density at radius 2 is 1.65 bits per heavy atom. The van der Waals surface area contributed by atoms with Crippen LogP contribution in [0.15, 0.2) is 30.3 Å². The van der Waals surface area contributed by atoms with Gasteiger partial charge in [-0.15, -0.1) is 0 Å². The van der Waals surface area contributed by atoms with Gasteiger partial charge in [-0.2, -0.15) is 0 Å². The summed E-state index contributed by atoms with van der Waals surface area (Å²) in [5.74, 6) is -1.29. The maximum Gasteiger partial charge on any atom is 0.379 e. The molecule has 0 saturated heterocycles. The zero-order valence-electron chi connectivity index (χ0n) is 9.60. The summed E-state index contributed by atoms with van der Waals surface area (Å²) >= 11 is 0. The highest BCUT2D eigenvalue weighted by atomic mass is 16.5. The van der Waals surface area contributed by atoms with Crippen LogP contribution in [0.3, 0.4) is 0 Å². The average Bonchev–Trinajstić information content (AvgIpc) is 2.28. The van der Waals surface area contributed by atoms with E-state index in [-0.39, 0.29) is 5.78 Å². The van der Waals surface area contributed by atoms with E-state index >= 15 is 0 Å². The molecule has 0 saturated carbocycles. The molecule has 1 aromatic carbocycles. The van der Waals surface area contributed by atoms with Crippen LogP contribution < -0.4 is 4.74 Å². The van der Waals surface area contributed by atoms with Gasteiger partial charge in [0, 0.05) is 6.92 Å². The van der Waals surface area contributed by atoms with Crippen molar-refractivity contribution >= 4 is 23.6 Å². The van der Waals surface area contributed by atoms with Gasteiger partial charge in [0.2, 0.25) is 5.78 Å². The van der Waals surface area contributed by atoms with Gasteiger partial charge in [-0.1, -0.05) is 18.2 Å². The Kier molecular flexibility index (Phi) is 4.34. The van der Waals surface area contributed by atoms with Crippen LogP contribution in [-0.4, -0.2) is 17.5 Å². The van der Waals surface area contributed by atoms with Crippen molar-refractivity contribution in [3.8, 4) is 5.75 Å². The Labute approximate surface area is 98.9 Å². The molecule has 0 aromatic heterocycles. The molecule has 0 aliphatic heterocycles. The Balaban J connectivity index is 2.71. The van der Waals surface area contributed by atoms with Gasteiger partial charge in [-0.25, -0.2) is 4.79 Å². The van der Waals surface area contributed by atoms with Crippen molar-refractivity contribution in [2.24, 2.45) is 0 Å². The number of Topliss-reactive ketones (excluding diaryl/α,β-unsaturated/α-hetero) is 1. The van der Waals surface area contributed by atoms with Gasteiger partial charge in [-0.3, -0.25) is 9.59 Å². The van der Waals surface area contributed by atoms with Crippen molar-refractivity contribution in [1.29, 1.82) is 0 Å². The second-order valence-corrected chi connectivity index (χ2v) is 3.46. The van der Waals surface area contributed by atoms with E-state index in [0.29, 0.717) is 5.75 Å². The van der Waals surface area contributed by atoms with Crippen LogP contribution in [0.2, 0.25) is 0 Å². The van der Waals surface area contributed by atoms with Crippen LogP contribution >= 0.6 is 0 Å². The third-order valence-electron chi connectivity index (χ3n) is 1.89. The molecule has 0 N–H and O–H groups in total. The first-order valence-corrected chi connectivity index (χ1v) is 5.00. The van der Waals surface area contributed by atoms with E-state index in [1.807, 2.05) is 0 Å². The molecule has 0 aliphatic carbocycles. The predicted octanol–water partition coefficient (Wildman–Crippen LogP) is 1.78. The lowest BCUT2D eigenvalue weighted by Gasteiger charge is -2.01. The minimum atomic E-state index is -0.892. The summed E-state index contributed by atoms with van der Waals surface area (Å²) < 4.78 is 4.78. The Hall–Kier alpha value is -2.23. The minimum Gasteiger partial charge on any atom is -0.421 e. The first-order chi connectivity index (χ1) is 7.99. The third-order valence-corrected chi connectivity index (χ3v) is 1.89. The smallest absolute Gasteiger partial charge is 0.379 e. The predicted molar refractivity (Wildman–Crippen MR) is 62.5 cm³/mol. The molecular formula is C13H12O4. The van der Waals surface area contributed by atoms with Crippen LogP contribution in [0.1, 0.15) is 19.4 Å². The molecule has 0 heterocycles. The molecule has 1 rings (SSSR count). The second-order valence-electron chi connectivity index (χ2n) is 3.46. The number of hydrogen-bond acceptors (Lipinski definition) is 4. The van der Waals surface area contributed by atoms with Crippen molar-refractivity contribution in [3.05, 3.63) is 35.9 Å². The number of carbonyl (C=O) groups excluding carboxylic acids is 3. The third kappa shape index (κ3) is 4.42. The van der Waals surface area contributed by atoms with Crippen LogP contribution in [-0.2, 0) is 14.4 Å². The zero-order chi connectivity index (χ0) is 12.8. The number of ether oxygens (including phenoxy) is 1. The summed E-state index contributed by atoms with van der Waals surface area (Å²) in [5, 5.41) is 0. The van der Waals surface area contributed by atoms with Gasteiger partial charge in [0.05, 0.1) is 0 Å². The molecule has 17 heavy (non-hydrogen) atoms. The first-order valence-electron chi connectivity index (χ1n) is 5.00. The Bertz CT molecular complexity index is 469. The SMILES string of the molecule is CC(=O)/C=C/c1ccc(OC(=O)C(C)=O)cc1. The summed E-state index contributed by atoms with van der Waals surface area (Å²) in [6.07, 6.45) is 3.09. The molecule has 0 atom stereocenters. The topological polar surface area (TPSA) is 60.4 Å². The molecule has 0 unspecified atom stereocenters. The second kappa shape index (κ2) is 5.75. The summed E-state index contributed by atoms with van der Waals surface area (Å²) in [6, 6.07) is 6.48. The van der Waals surface area contributed by atoms with Gasteiger partial charge in [0.15, 0.2) is 5.78 Å². The lowest BCUT2D eigenvalue weighted by atomic mass is 10.2. The number of benzene rings is 1. The normalized spacial score (nSPS) is 10.2. The summed E-state index contributed by atoms with van der Waals surface area (Å²) in [6.45, 7) is 2.60. The number of ketones is 2. The lowest BCUT2D eigenvalue weighted by molar-refractivity contribution is -0.146. The van der Waals surface area contributed by atoms with E-state index in [9.17, 15) is 14.4 Å². The van der Waals surface area contributed by atoms with Crippen molar-refractivity contribution < 1.29 is 19.1 Å². The molecule has 4 nitrogen and oxygen atoms in total. The highest BCUT2D eigenvalue weighted by Crippen LogP contribution is 2.13. The van der Waals surface area contributed by atoms with E-state index in [1.54, 1.807) is 30.3 Å². The maximum absolute atomic E-state index is 11.0. The maximum atomic E-state index is 11.0. The molecule has 0 amide bonds. The fourth-order valence-corrected chi connectivity index (χ4v) is 1.04. The van der Waals surface area contributed by atoms with Crippen molar-refractivity contribution in [2.75, 3.05) is 0 Å². The first kappa shape index (κ1) is 12.8. The van der Waals surface area contributed by atoms with Crippen LogP contribution in [0, 0.1) is 0 Å². The molecule has 1 aromatic rings. The summed E-state index contributed by atoms with van der Waals surface area (Å²) in [4.78, 5) is 32.4. The molecule has 0 bridgehead atoms. The monoisotopic (exact) mass is 232 g/mol. The largest absolute Gasteiger partial charge is 0.421 e. The highest BCUT2D eigenvalue weighted by Gasteiger charge is 2.09. The molecule has 0 spiro atoms. The van der Waals surface area contributed by atoms with Crippen LogP contribution in [0.4, 0.5) is 0 Å². The van der Waals surface area contributed by atoms with Gasteiger partial charge in [-0.05, 0) is 30.7 Å². The van der Waals surface area contributed by atoms with Gasteiger partial charge in [0.25, 0.3) is 0 Å². The van der Waals surface area contributed by atoms with E-state index in [2.05, 4.69) is 0 Å². The standard InChI is InChI=1S/C13H12O4/c1-9(14)3-4-11-5-7-12(8-6-11)17-13(16)10(2)15/h3-8H,1-2H3/b4-3+. The van der Waals surface area contributed by atoms with Crippen molar-refractivity contribution in [2.45, 2.75) is 13.8 Å². The van der Waals surface area contributed by atoms with Gasteiger partial charge in [0.1, 0.15) is 5.75 Å². The number of carbonyl (C=O) groups is 3. The molecular weight excluding hydrogens is 220 g/mol. The van der Waals surface area contributed by atoms with Crippen LogP contribution in [0.25, 0.3) is 6.08 Å². The van der Waals surface area contributed by atoms with E-state index in [0.717, 1.165) is 12.5 Å². The highest BCUT2D eigenvalue weighted by molar-refractivity contribution is 6.33. The molecule has 88 valence electrons. The minimum absolute atomic E-state index is 0.0444. The van der Waals surface area contributed by atoms with Crippen LogP contribution in [0.5, 0.6) is 5.75 Å². The lowest BCUT2D eigenvalue weighted by Crippen LogP contribution is -2.16. The average molecular weight is 232 g/mol. The van der Waals surface area contributed by atoms with Crippen molar-refractivity contribution in [1.82, 2.24) is 0 Å². The summed E-state index contributed by atoms with van der Waals surface area (Å²) in [7, 11) is 0. The van der Waals surface area contributed by atoms with E-state index < -0.39 is 11.8 Å². The Morgan fingerprint density at radius 1 is 1.06 bits per heavy atom. The molecule has 0 radical (unpaired) electrons.